The summed E-state index contributed by atoms with van der Waals surface area (Å²) in [6, 6.07) is 2.10. The zero-order valence-electron chi connectivity index (χ0n) is 20.7. The molecular weight excluding hydrogens is 446 g/mol. The van der Waals surface area contributed by atoms with Crippen molar-refractivity contribution in [1.82, 2.24) is 19.5 Å². The highest BCUT2D eigenvalue weighted by molar-refractivity contribution is 8.15. The number of rotatable bonds is 10. The molecule has 1 saturated heterocycles. The molecule has 1 aliphatic rings. The number of morpholine rings is 1. The molecular formula is C25H37N7OS. The number of allylic oxidation sites excluding steroid dienone is 3. The molecule has 0 saturated carbocycles. The number of hydrogen-bond acceptors (Lipinski definition) is 8. The predicted octanol–water partition coefficient (Wildman–Crippen LogP) is 4.43. The first-order valence-corrected chi connectivity index (χ1v) is 12.7. The molecule has 1 aliphatic heterocycles. The number of hydrogen-bond donors (Lipinski definition) is 2. The predicted molar refractivity (Wildman–Crippen MR) is 143 cm³/mol. The number of ether oxygens (including phenoxy) is 1. The Morgan fingerprint density at radius 3 is 2.76 bits per heavy atom. The van der Waals surface area contributed by atoms with E-state index in [-0.39, 0.29) is 0 Å². The van der Waals surface area contributed by atoms with Crippen molar-refractivity contribution in [2.24, 2.45) is 16.9 Å². The molecule has 3 rings (SSSR count). The monoisotopic (exact) mass is 483 g/mol. The standard InChI is InChI=1S/C25H37N7OS/c1-6-19(25(30-26)34-22(8-3)18(4)5)15-21(7-2)29-24-23-20(9-10-32(23)28-17-27-24)16-31-11-13-33-14-12-31/h6-7,9-10,15,17-18,22H,2,8,11-14,16,26H2,1,3-5H3,(H,27,28,29)/b19-6+,21-15+,30-25-. The van der Waals surface area contributed by atoms with Crippen LogP contribution in [0, 0.1) is 5.92 Å². The Balaban J connectivity index is 1.86. The molecule has 1 fully saturated rings. The Hall–Kier alpha value is -2.62. The van der Waals surface area contributed by atoms with Gasteiger partial charge in [0.1, 0.15) is 16.9 Å². The van der Waals surface area contributed by atoms with Crippen LogP contribution in [-0.2, 0) is 11.3 Å². The summed E-state index contributed by atoms with van der Waals surface area (Å²) in [5.74, 6) is 7.07. The molecule has 2 aromatic heterocycles. The van der Waals surface area contributed by atoms with Gasteiger partial charge in [-0.2, -0.15) is 10.2 Å². The van der Waals surface area contributed by atoms with Gasteiger partial charge in [0.2, 0.25) is 0 Å². The molecule has 3 heterocycles. The summed E-state index contributed by atoms with van der Waals surface area (Å²) in [5, 5.41) is 13.2. The van der Waals surface area contributed by atoms with Crippen LogP contribution in [0.15, 0.2) is 59.8 Å². The van der Waals surface area contributed by atoms with Crippen LogP contribution in [0.1, 0.15) is 39.7 Å². The van der Waals surface area contributed by atoms with Gasteiger partial charge < -0.3 is 15.9 Å². The second-order valence-corrected chi connectivity index (χ2v) is 9.77. The molecule has 0 spiro atoms. The van der Waals surface area contributed by atoms with E-state index in [2.05, 4.69) is 58.8 Å². The van der Waals surface area contributed by atoms with Gasteiger partial charge in [-0.25, -0.2) is 9.50 Å². The molecule has 0 amide bonds. The highest BCUT2D eigenvalue weighted by Crippen LogP contribution is 2.28. The number of nitrogens with zero attached hydrogens (tertiary/aromatic N) is 5. The third-order valence-corrected chi connectivity index (χ3v) is 7.66. The van der Waals surface area contributed by atoms with Crippen LogP contribution < -0.4 is 11.2 Å². The number of fused-ring (bicyclic) bond motifs is 1. The van der Waals surface area contributed by atoms with Crippen molar-refractivity contribution >= 4 is 28.1 Å². The Kier molecular flexibility index (Phi) is 9.74. The van der Waals surface area contributed by atoms with Gasteiger partial charge in [0.05, 0.1) is 13.2 Å². The van der Waals surface area contributed by atoms with Crippen molar-refractivity contribution in [3.8, 4) is 0 Å². The van der Waals surface area contributed by atoms with Crippen LogP contribution >= 0.6 is 11.8 Å². The molecule has 34 heavy (non-hydrogen) atoms. The van der Waals surface area contributed by atoms with Crippen molar-refractivity contribution < 1.29 is 4.74 Å². The molecule has 0 aliphatic carbocycles. The number of anilines is 1. The Morgan fingerprint density at radius 1 is 1.38 bits per heavy atom. The highest BCUT2D eigenvalue weighted by Gasteiger charge is 2.18. The van der Waals surface area contributed by atoms with E-state index < -0.39 is 0 Å². The number of hydrazone groups is 1. The fraction of sp³-hybridized carbons (Fsp3) is 0.480. The van der Waals surface area contributed by atoms with E-state index in [1.807, 2.05) is 29.8 Å². The van der Waals surface area contributed by atoms with Gasteiger partial charge in [-0.15, -0.1) is 11.8 Å². The first-order valence-electron chi connectivity index (χ1n) is 11.8. The molecule has 8 nitrogen and oxygen atoms in total. The average molecular weight is 484 g/mol. The van der Waals surface area contributed by atoms with E-state index in [0.717, 1.165) is 66.9 Å². The number of thioether (sulfide) groups is 1. The highest BCUT2D eigenvalue weighted by atomic mass is 32.2. The van der Waals surface area contributed by atoms with Gasteiger partial charge in [0.15, 0.2) is 5.82 Å². The molecule has 1 unspecified atom stereocenters. The maximum Gasteiger partial charge on any atom is 0.158 e. The minimum absolute atomic E-state index is 0.441. The van der Waals surface area contributed by atoms with E-state index in [1.54, 1.807) is 24.2 Å². The minimum atomic E-state index is 0.441. The molecule has 184 valence electrons. The first kappa shape index (κ1) is 26.0. The van der Waals surface area contributed by atoms with E-state index >= 15 is 0 Å². The fourth-order valence-electron chi connectivity index (χ4n) is 3.96. The first-order chi connectivity index (χ1) is 16.5. The third kappa shape index (κ3) is 6.49. The van der Waals surface area contributed by atoms with Crippen LogP contribution in [-0.4, -0.2) is 56.1 Å². The lowest BCUT2D eigenvalue weighted by atomic mass is 10.1. The molecule has 0 radical (unpaired) electrons. The van der Waals surface area contributed by atoms with Crippen molar-refractivity contribution in [3.05, 3.63) is 60.2 Å². The van der Waals surface area contributed by atoms with Gasteiger partial charge in [0, 0.05) is 42.4 Å². The average Bonchev–Trinajstić information content (AvgIpc) is 3.26. The number of aromatic nitrogens is 3. The van der Waals surface area contributed by atoms with Gasteiger partial charge in [-0.3, -0.25) is 4.90 Å². The van der Waals surface area contributed by atoms with Gasteiger partial charge in [-0.1, -0.05) is 33.4 Å². The third-order valence-electron chi connectivity index (χ3n) is 5.91. The summed E-state index contributed by atoms with van der Waals surface area (Å²) in [5.41, 5.74) is 3.88. The summed E-state index contributed by atoms with van der Waals surface area (Å²) >= 11 is 1.72. The lowest BCUT2D eigenvalue weighted by Crippen LogP contribution is -2.35. The van der Waals surface area contributed by atoms with Crippen LogP contribution in [0.3, 0.4) is 0 Å². The van der Waals surface area contributed by atoms with Gasteiger partial charge in [0.25, 0.3) is 0 Å². The quantitative estimate of drug-likeness (QED) is 0.170. The summed E-state index contributed by atoms with van der Waals surface area (Å²) in [4.78, 5) is 6.94. The normalized spacial score (nSPS) is 17.4. The smallest absolute Gasteiger partial charge is 0.158 e. The molecule has 2 aromatic rings. The molecule has 1 atom stereocenters. The molecule has 9 heteroatoms. The maximum atomic E-state index is 5.80. The van der Waals surface area contributed by atoms with Crippen LogP contribution in [0.2, 0.25) is 0 Å². The zero-order valence-corrected chi connectivity index (χ0v) is 21.5. The van der Waals surface area contributed by atoms with Gasteiger partial charge in [-0.05, 0) is 43.0 Å². The lowest BCUT2D eigenvalue weighted by molar-refractivity contribution is 0.0344. The summed E-state index contributed by atoms with van der Waals surface area (Å²) in [6.45, 7) is 16.8. The van der Waals surface area contributed by atoms with Crippen molar-refractivity contribution in [1.29, 1.82) is 0 Å². The SMILES string of the molecule is C=C\C(=C/C(=C\C)C(=N/N)/SC(CC)C(C)C)Nc1ncnn2ccc(CN3CCOCC3)c12. The topological polar surface area (TPSA) is 93.1 Å². The molecule has 0 aromatic carbocycles. The second kappa shape index (κ2) is 12.7. The van der Waals surface area contributed by atoms with Crippen LogP contribution in [0.4, 0.5) is 5.82 Å². The second-order valence-electron chi connectivity index (χ2n) is 8.55. The summed E-state index contributed by atoms with van der Waals surface area (Å²) in [6.07, 6.45) is 10.4. The molecule has 0 bridgehead atoms. The lowest BCUT2D eigenvalue weighted by Gasteiger charge is -2.26. The van der Waals surface area contributed by atoms with Gasteiger partial charge >= 0.3 is 0 Å². The zero-order chi connectivity index (χ0) is 24.5. The number of nitrogens with two attached hydrogens (primary N) is 1. The summed E-state index contributed by atoms with van der Waals surface area (Å²) in [7, 11) is 0. The van der Waals surface area contributed by atoms with E-state index in [4.69, 9.17) is 10.6 Å². The Morgan fingerprint density at radius 2 is 2.15 bits per heavy atom. The minimum Gasteiger partial charge on any atom is -0.379 e. The summed E-state index contributed by atoms with van der Waals surface area (Å²) < 4.78 is 7.35. The Bertz CT molecular complexity index is 1050. The van der Waals surface area contributed by atoms with E-state index in [0.29, 0.717) is 11.2 Å². The van der Waals surface area contributed by atoms with E-state index in [1.165, 1.54) is 5.56 Å². The molecule has 3 N–H and O–H groups in total. The van der Waals surface area contributed by atoms with Crippen molar-refractivity contribution in [2.75, 3.05) is 31.6 Å². The van der Waals surface area contributed by atoms with E-state index in [9.17, 15) is 0 Å². The van der Waals surface area contributed by atoms with Crippen LogP contribution in [0.25, 0.3) is 5.52 Å². The van der Waals surface area contributed by atoms with Crippen LogP contribution in [0.5, 0.6) is 0 Å². The fourth-order valence-corrected chi connectivity index (χ4v) is 5.06. The maximum absolute atomic E-state index is 5.80. The van der Waals surface area contributed by atoms with Crippen molar-refractivity contribution in [2.45, 2.75) is 45.9 Å². The van der Waals surface area contributed by atoms with Crippen molar-refractivity contribution in [3.63, 3.8) is 0 Å². The Labute approximate surface area is 207 Å². The largest absolute Gasteiger partial charge is 0.379 e. The number of nitrogens with one attached hydrogen (secondary N) is 1.